The number of hydrogen-bond acceptors (Lipinski definition) is 3. The van der Waals surface area contributed by atoms with Gasteiger partial charge in [0.25, 0.3) is 5.91 Å². The first-order valence-electron chi connectivity index (χ1n) is 10.8. The Balaban J connectivity index is 1.55. The quantitative estimate of drug-likeness (QED) is 0.519. The highest BCUT2D eigenvalue weighted by molar-refractivity contribution is 6.35. The summed E-state index contributed by atoms with van der Waals surface area (Å²) in [6.45, 7) is 4.96. The summed E-state index contributed by atoms with van der Waals surface area (Å²) in [6.07, 6.45) is 3.44. The smallest absolute Gasteiger partial charge is 0.253 e. The van der Waals surface area contributed by atoms with E-state index in [0.29, 0.717) is 34.4 Å². The first kappa shape index (κ1) is 23.6. The molecule has 1 aliphatic rings. The number of carbonyl (C=O) groups excluding carboxylic acids is 2. The van der Waals surface area contributed by atoms with Gasteiger partial charge in [-0.05, 0) is 56.6 Å². The Labute approximate surface area is 194 Å². The van der Waals surface area contributed by atoms with Gasteiger partial charge >= 0.3 is 0 Å². The number of unbranched alkanes of at least 4 members (excludes halogenated alkanes) is 1. The molecule has 1 aliphatic heterocycles. The van der Waals surface area contributed by atoms with Crippen LogP contribution < -0.4 is 10.6 Å². The van der Waals surface area contributed by atoms with E-state index < -0.39 is 0 Å². The Morgan fingerprint density at radius 2 is 1.71 bits per heavy atom. The van der Waals surface area contributed by atoms with Gasteiger partial charge in [0.05, 0.1) is 11.3 Å². The van der Waals surface area contributed by atoms with E-state index in [1.54, 1.807) is 12.1 Å². The highest BCUT2D eigenvalue weighted by atomic mass is 35.5. The first-order chi connectivity index (χ1) is 15.0. The second-order valence-corrected chi connectivity index (χ2v) is 8.71. The highest BCUT2D eigenvalue weighted by Gasteiger charge is 2.26. The topological polar surface area (TPSA) is 61.4 Å². The Morgan fingerprint density at radius 1 is 1.03 bits per heavy atom. The fraction of sp³-hybridized carbons (Fsp3) is 0.417. The Hall–Kier alpha value is -2.08. The summed E-state index contributed by atoms with van der Waals surface area (Å²) >= 11 is 12.6. The molecule has 0 atom stereocenters. The van der Waals surface area contributed by atoms with Gasteiger partial charge < -0.3 is 10.6 Å². The van der Waals surface area contributed by atoms with Crippen molar-refractivity contribution in [2.75, 3.05) is 25.0 Å². The van der Waals surface area contributed by atoms with Crippen molar-refractivity contribution in [3.63, 3.8) is 0 Å². The van der Waals surface area contributed by atoms with Gasteiger partial charge in [-0.1, -0.05) is 54.7 Å². The number of anilines is 1. The number of para-hydroxylation sites is 1. The largest absolute Gasteiger partial charge is 0.352 e. The van der Waals surface area contributed by atoms with Crippen molar-refractivity contribution in [3.05, 3.63) is 63.6 Å². The lowest BCUT2D eigenvalue weighted by Crippen LogP contribution is -2.38. The van der Waals surface area contributed by atoms with E-state index in [1.165, 1.54) is 0 Å². The molecule has 3 rings (SSSR count). The molecule has 2 N–H and O–H groups in total. The van der Waals surface area contributed by atoms with Gasteiger partial charge in [0, 0.05) is 34.6 Å². The molecule has 1 fully saturated rings. The standard InChI is InChI=1S/C24H29Cl2N3O2/c1-2-3-13-27-24(31)18-7-4-5-10-22(18)28-23(30)17-11-14-29(15-12-17)16-19-20(25)8-6-9-21(19)26/h4-10,17H,2-3,11-16H2,1H3,(H,27,31)(H,28,30). The zero-order chi connectivity index (χ0) is 22.2. The lowest BCUT2D eigenvalue weighted by molar-refractivity contribution is -0.121. The van der Waals surface area contributed by atoms with Gasteiger partial charge in [0.1, 0.15) is 0 Å². The number of carbonyl (C=O) groups is 2. The predicted octanol–water partition coefficient (Wildman–Crippen LogP) is 5.37. The summed E-state index contributed by atoms with van der Waals surface area (Å²) < 4.78 is 0. The van der Waals surface area contributed by atoms with Crippen molar-refractivity contribution >= 4 is 40.7 Å². The fourth-order valence-electron chi connectivity index (χ4n) is 3.76. The third kappa shape index (κ3) is 6.45. The van der Waals surface area contributed by atoms with Crippen LogP contribution in [0.3, 0.4) is 0 Å². The van der Waals surface area contributed by atoms with E-state index in [1.807, 2.05) is 30.3 Å². The highest BCUT2D eigenvalue weighted by Crippen LogP contribution is 2.28. The number of likely N-dealkylation sites (tertiary alicyclic amines) is 1. The van der Waals surface area contributed by atoms with Gasteiger partial charge in [-0.15, -0.1) is 0 Å². The van der Waals surface area contributed by atoms with E-state index in [4.69, 9.17) is 23.2 Å². The summed E-state index contributed by atoms with van der Waals surface area (Å²) in [6, 6.07) is 12.7. The zero-order valence-corrected chi connectivity index (χ0v) is 19.3. The average molecular weight is 462 g/mol. The summed E-state index contributed by atoms with van der Waals surface area (Å²) in [5, 5.41) is 7.22. The Kier molecular flexibility index (Phi) is 8.76. The molecule has 31 heavy (non-hydrogen) atoms. The number of nitrogens with zero attached hydrogens (tertiary/aromatic N) is 1. The molecule has 0 aromatic heterocycles. The van der Waals surface area contributed by atoms with Gasteiger partial charge in [-0.3, -0.25) is 14.5 Å². The molecule has 2 amide bonds. The van der Waals surface area contributed by atoms with Crippen molar-refractivity contribution < 1.29 is 9.59 Å². The number of amides is 2. The van der Waals surface area contributed by atoms with E-state index in [-0.39, 0.29) is 17.7 Å². The van der Waals surface area contributed by atoms with E-state index in [2.05, 4.69) is 22.5 Å². The predicted molar refractivity (Wildman–Crippen MR) is 127 cm³/mol. The van der Waals surface area contributed by atoms with Crippen LogP contribution in [0.1, 0.15) is 48.5 Å². The zero-order valence-electron chi connectivity index (χ0n) is 17.8. The van der Waals surface area contributed by atoms with Crippen molar-refractivity contribution in [2.24, 2.45) is 5.92 Å². The number of nitrogens with one attached hydrogen (secondary N) is 2. The van der Waals surface area contributed by atoms with Crippen LogP contribution in [-0.4, -0.2) is 36.3 Å². The molecule has 0 unspecified atom stereocenters. The molecule has 0 saturated carbocycles. The number of halogens is 2. The van der Waals surface area contributed by atoms with Gasteiger partial charge in [-0.2, -0.15) is 0 Å². The Bertz CT molecular complexity index is 891. The van der Waals surface area contributed by atoms with Crippen molar-refractivity contribution in [2.45, 2.75) is 39.2 Å². The summed E-state index contributed by atoms with van der Waals surface area (Å²) in [5.41, 5.74) is 1.99. The summed E-state index contributed by atoms with van der Waals surface area (Å²) in [7, 11) is 0. The minimum absolute atomic E-state index is 0.0377. The summed E-state index contributed by atoms with van der Waals surface area (Å²) in [4.78, 5) is 27.6. The monoisotopic (exact) mass is 461 g/mol. The molecule has 166 valence electrons. The molecule has 7 heteroatoms. The van der Waals surface area contributed by atoms with Crippen LogP contribution in [0.2, 0.25) is 10.0 Å². The molecule has 1 saturated heterocycles. The molecular weight excluding hydrogens is 433 g/mol. The van der Waals surface area contributed by atoms with Crippen molar-refractivity contribution in [1.82, 2.24) is 10.2 Å². The fourth-order valence-corrected chi connectivity index (χ4v) is 4.28. The maximum atomic E-state index is 12.9. The van der Waals surface area contributed by atoms with Crippen LogP contribution >= 0.6 is 23.2 Å². The number of benzene rings is 2. The van der Waals surface area contributed by atoms with Crippen molar-refractivity contribution in [3.8, 4) is 0 Å². The van der Waals surface area contributed by atoms with Crippen LogP contribution in [0.5, 0.6) is 0 Å². The molecule has 0 radical (unpaired) electrons. The number of piperidine rings is 1. The minimum Gasteiger partial charge on any atom is -0.352 e. The van der Waals surface area contributed by atoms with Gasteiger partial charge in [0.2, 0.25) is 5.91 Å². The van der Waals surface area contributed by atoms with Gasteiger partial charge in [0.15, 0.2) is 0 Å². The molecule has 5 nitrogen and oxygen atoms in total. The second-order valence-electron chi connectivity index (χ2n) is 7.89. The molecular formula is C24H29Cl2N3O2. The molecule has 2 aromatic carbocycles. The van der Waals surface area contributed by atoms with Crippen LogP contribution in [0.15, 0.2) is 42.5 Å². The van der Waals surface area contributed by atoms with Gasteiger partial charge in [-0.25, -0.2) is 0 Å². The lowest BCUT2D eigenvalue weighted by atomic mass is 9.95. The van der Waals surface area contributed by atoms with Crippen LogP contribution in [0.4, 0.5) is 5.69 Å². The third-order valence-corrected chi connectivity index (χ3v) is 6.36. The minimum atomic E-state index is -0.157. The van der Waals surface area contributed by atoms with E-state index in [0.717, 1.165) is 44.3 Å². The first-order valence-corrected chi connectivity index (χ1v) is 11.6. The number of hydrogen-bond donors (Lipinski definition) is 2. The maximum absolute atomic E-state index is 12.9. The molecule has 0 bridgehead atoms. The van der Waals surface area contributed by atoms with Crippen LogP contribution in [0.25, 0.3) is 0 Å². The SMILES string of the molecule is CCCCNC(=O)c1ccccc1NC(=O)C1CCN(Cc2c(Cl)cccc2Cl)CC1. The lowest BCUT2D eigenvalue weighted by Gasteiger charge is -2.31. The maximum Gasteiger partial charge on any atom is 0.253 e. The van der Waals surface area contributed by atoms with E-state index in [9.17, 15) is 9.59 Å². The average Bonchev–Trinajstić information content (AvgIpc) is 2.77. The summed E-state index contributed by atoms with van der Waals surface area (Å²) in [5.74, 6) is -0.283. The van der Waals surface area contributed by atoms with Crippen LogP contribution in [0, 0.1) is 5.92 Å². The third-order valence-electron chi connectivity index (χ3n) is 5.65. The Morgan fingerprint density at radius 3 is 2.39 bits per heavy atom. The molecule has 0 spiro atoms. The normalized spacial score (nSPS) is 14.9. The van der Waals surface area contributed by atoms with E-state index >= 15 is 0 Å². The second kappa shape index (κ2) is 11.5. The molecule has 2 aromatic rings. The number of rotatable bonds is 8. The van der Waals surface area contributed by atoms with Crippen molar-refractivity contribution in [1.29, 1.82) is 0 Å². The van der Waals surface area contributed by atoms with Crippen LogP contribution in [-0.2, 0) is 11.3 Å². The molecule has 0 aliphatic carbocycles. The molecule has 1 heterocycles.